The Kier molecular flexibility index (Phi) is 3.88. The number of amides is 1. The standard InChI is InChI=1S/C13H12FNOS/c14-11-5-2-1-4-10(11)7-8-15-13(16)12-6-3-9-17-12/h1-6,9H,7-8H2,(H,15,16). The molecule has 0 unspecified atom stereocenters. The number of halogens is 1. The molecule has 0 saturated heterocycles. The van der Waals surface area contributed by atoms with Crippen LogP contribution in [0.4, 0.5) is 4.39 Å². The Labute approximate surface area is 103 Å². The van der Waals surface area contributed by atoms with Gasteiger partial charge in [0.25, 0.3) is 5.91 Å². The first-order valence-electron chi connectivity index (χ1n) is 5.32. The molecular formula is C13H12FNOS. The third kappa shape index (κ3) is 3.14. The van der Waals surface area contributed by atoms with Gasteiger partial charge in [0, 0.05) is 6.54 Å². The van der Waals surface area contributed by atoms with Gasteiger partial charge in [0.15, 0.2) is 0 Å². The molecule has 2 aromatic rings. The Balaban J connectivity index is 1.84. The van der Waals surface area contributed by atoms with Gasteiger partial charge >= 0.3 is 0 Å². The van der Waals surface area contributed by atoms with E-state index < -0.39 is 0 Å². The number of thiophene rings is 1. The van der Waals surface area contributed by atoms with Gasteiger partial charge < -0.3 is 5.32 Å². The Morgan fingerprint density at radius 3 is 2.76 bits per heavy atom. The van der Waals surface area contributed by atoms with Crippen molar-refractivity contribution in [2.75, 3.05) is 6.54 Å². The molecule has 17 heavy (non-hydrogen) atoms. The quantitative estimate of drug-likeness (QED) is 0.887. The van der Waals surface area contributed by atoms with Gasteiger partial charge in [-0.1, -0.05) is 24.3 Å². The molecule has 1 aromatic carbocycles. The highest BCUT2D eigenvalue weighted by molar-refractivity contribution is 7.12. The highest BCUT2D eigenvalue weighted by Gasteiger charge is 2.06. The predicted octanol–water partition coefficient (Wildman–Crippen LogP) is 2.86. The molecular weight excluding hydrogens is 237 g/mol. The molecule has 0 fully saturated rings. The van der Waals surface area contributed by atoms with Gasteiger partial charge in [-0.3, -0.25) is 4.79 Å². The van der Waals surface area contributed by atoms with Gasteiger partial charge in [0.1, 0.15) is 5.82 Å². The fourth-order valence-corrected chi connectivity index (χ4v) is 2.15. The van der Waals surface area contributed by atoms with E-state index in [1.54, 1.807) is 24.3 Å². The molecule has 0 radical (unpaired) electrons. The zero-order valence-corrected chi connectivity index (χ0v) is 9.97. The van der Waals surface area contributed by atoms with E-state index in [1.807, 2.05) is 11.4 Å². The minimum atomic E-state index is -0.224. The summed E-state index contributed by atoms with van der Waals surface area (Å²) in [5.74, 6) is -0.325. The first-order chi connectivity index (χ1) is 8.27. The minimum absolute atomic E-state index is 0.101. The van der Waals surface area contributed by atoms with Crippen LogP contribution in [0.3, 0.4) is 0 Å². The summed E-state index contributed by atoms with van der Waals surface area (Å²) in [4.78, 5) is 12.3. The number of hydrogen-bond donors (Lipinski definition) is 1. The maximum atomic E-state index is 13.3. The van der Waals surface area contributed by atoms with Gasteiger partial charge in [-0.25, -0.2) is 4.39 Å². The minimum Gasteiger partial charge on any atom is -0.351 e. The van der Waals surface area contributed by atoms with Crippen LogP contribution in [0.5, 0.6) is 0 Å². The molecule has 0 aliphatic heterocycles. The van der Waals surface area contributed by atoms with Crippen LogP contribution in [-0.2, 0) is 6.42 Å². The van der Waals surface area contributed by atoms with Gasteiger partial charge in [-0.05, 0) is 29.5 Å². The highest BCUT2D eigenvalue weighted by atomic mass is 32.1. The maximum Gasteiger partial charge on any atom is 0.261 e. The lowest BCUT2D eigenvalue weighted by Crippen LogP contribution is -2.25. The van der Waals surface area contributed by atoms with Crippen LogP contribution in [0.15, 0.2) is 41.8 Å². The Morgan fingerprint density at radius 2 is 2.06 bits per heavy atom. The van der Waals surface area contributed by atoms with Gasteiger partial charge in [0.2, 0.25) is 0 Å². The lowest BCUT2D eigenvalue weighted by Gasteiger charge is -2.04. The number of rotatable bonds is 4. The zero-order chi connectivity index (χ0) is 12.1. The van der Waals surface area contributed by atoms with Crippen molar-refractivity contribution in [3.63, 3.8) is 0 Å². The van der Waals surface area contributed by atoms with Crippen molar-refractivity contribution < 1.29 is 9.18 Å². The molecule has 1 heterocycles. The lowest BCUT2D eigenvalue weighted by molar-refractivity contribution is 0.0958. The SMILES string of the molecule is O=C(NCCc1ccccc1F)c1cccs1. The van der Waals surface area contributed by atoms with Crippen LogP contribution in [0.2, 0.25) is 0 Å². The van der Waals surface area contributed by atoms with Gasteiger partial charge in [-0.15, -0.1) is 11.3 Å². The van der Waals surface area contributed by atoms with E-state index in [0.717, 1.165) is 0 Å². The Hall–Kier alpha value is -1.68. The third-order valence-corrected chi connectivity index (χ3v) is 3.25. The number of carbonyl (C=O) groups is 1. The molecule has 0 aliphatic rings. The fraction of sp³-hybridized carbons (Fsp3) is 0.154. The molecule has 0 bridgehead atoms. The Morgan fingerprint density at radius 1 is 1.24 bits per heavy atom. The number of benzene rings is 1. The summed E-state index contributed by atoms with van der Waals surface area (Å²) in [6.45, 7) is 0.442. The van der Waals surface area contributed by atoms with E-state index in [-0.39, 0.29) is 11.7 Å². The van der Waals surface area contributed by atoms with Crippen molar-refractivity contribution in [3.05, 3.63) is 58.0 Å². The first kappa shape index (κ1) is 11.8. The van der Waals surface area contributed by atoms with Gasteiger partial charge in [-0.2, -0.15) is 0 Å². The van der Waals surface area contributed by atoms with Crippen LogP contribution in [0.1, 0.15) is 15.2 Å². The van der Waals surface area contributed by atoms with Crippen LogP contribution >= 0.6 is 11.3 Å². The van der Waals surface area contributed by atoms with E-state index in [2.05, 4.69) is 5.32 Å². The molecule has 1 aromatic heterocycles. The molecule has 2 rings (SSSR count). The zero-order valence-electron chi connectivity index (χ0n) is 9.15. The van der Waals surface area contributed by atoms with E-state index in [0.29, 0.717) is 23.4 Å². The van der Waals surface area contributed by atoms with Crippen molar-refractivity contribution in [2.45, 2.75) is 6.42 Å². The normalized spacial score (nSPS) is 10.2. The maximum absolute atomic E-state index is 13.3. The van der Waals surface area contributed by atoms with Crippen molar-refractivity contribution in [2.24, 2.45) is 0 Å². The van der Waals surface area contributed by atoms with Crippen molar-refractivity contribution >= 4 is 17.2 Å². The summed E-state index contributed by atoms with van der Waals surface area (Å²) in [6.07, 6.45) is 0.504. The second-order valence-electron chi connectivity index (χ2n) is 3.57. The predicted molar refractivity (Wildman–Crippen MR) is 66.8 cm³/mol. The van der Waals surface area contributed by atoms with Crippen molar-refractivity contribution in [3.8, 4) is 0 Å². The van der Waals surface area contributed by atoms with Crippen LogP contribution in [-0.4, -0.2) is 12.5 Å². The van der Waals surface area contributed by atoms with E-state index in [4.69, 9.17) is 0 Å². The summed E-state index contributed by atoms with van der Waals surface area (Å²) in [5.41, 5.74) is 0.624. The van der Waals surface area contributed by atoms with Crippen molar-refractivity contribution in [1.29, 1.82) is 0 Å². The number of nitrogens with one attached hydrogen (secondary N) is 1. The van der Waals surface area contributed by atoms with Crippen LogP contribution in [0.25, 0.3) is 0 Å². The smallest absolute Gasteiger partial charge is 0.261 e. The second-order valence-corrected chi connectivity index (χ2v) is 4.52. The molecule has 1 N–H and O–H groups in total. The second kappa shape index (κ2) is 5.59. The van der Waals surface area contributed by atoms with Crippen molar-refractivity contribution in [1.82, 2.24) is 5.32 Å². The van der Waals surface area contributed by atoms with E-state index >= 15 is 0 Å². The number of hydrogen-bond acceptors (Lipinski definition) is 2. The monoisotopic (exact) mass is 249 g/mol. The van der Waals surface area contributed by atoms with Crippen LogP contribution < -0.4 is 5.32 Å². The molecule has 4 heteroatoms. The fourth-order valence-electron chi connectivity index (χ4n) is 1.51. The first-order valence-corrected chi connectivity index (χ1v) is 6.20. The van der Waals surface area contributed by atoms with Gasteiger partial charge in [0.05, 0.1) is 4.88 Å². The number of carbonyl (C=O) groups excluding carboxylic acids is 1. The summed E-state index contributed by atoms with van der Waals surface area (Å²) in [6, 6.07) is 10.2. The molecule has 0 atom stereocenters. The molecule has 88 valence electrons. The average molecular weight is 249 g/mol. The topological polar surface area (TPSA) is 29.1 Å². The molecule has 1 amide bonds. The summed E-state index contributed by atoms with van der Waals surface area (Å²) < 4.78 is 13.3. The summed E-state index contributed by atoms with van der Waals surface area (Å²) >= 11 is 1.39. The lowest BCUT2D eigenvalue weighted by atomic mass is 10.1. The largest absolute Gasteiger partial charge is 0.351 e. The molecule has 2 nitrogen and oxygen atoms in total. The molecule has 0 aliphatic carbocycles. The highest BCUT2D eigenvalue weighted by Crippen LogP contribution is 2.09. The van der Waals surface area contributed by atoms with E-state index in [1.165, 1.54) is 17.4 Å². The average Bonchev–Trinajstić information content (AvgIpc) is 2.85. The third-order valence-electron chi connectivity index (χ3n) is 2.38. The summed E-state index contributed by atoms with van der Waals surface area (Å²) in [5, 5.41) is 4.62. The van der Waals surface area contributed by atoms with E-state index in [9.17, 15) is 9.18 Å². The molecule has 0 spiro atoms. The molecule has 0 saturated carbocycles. The Bertz CT molecular complexity index is 496. The summed E-state index contributed by atoms with van der Waals surface area (Å²) in [7, 11) is 0. The van der Waals surface area contributed by atoms with Crippen LogP contribution in [0, 0.1) is 5.82 Å².